The summed E-state index contributed by atoms with van der Waals surface area (Å²) in [5.74, 6) is -0.597. The Morgan fingerprint density at radius 1 is 1.34 bits per heavy atom. The fraction of sp³-hybridized carbons (Fsp3) is 0.773. The molecule has 3 aliphatic rings. The predicted octanol–water partition coefficient (Wildman–Crippen LogP) is 1.90. The van der Waals surface area contributed by atoms with E-state index in [4.69, 9.17) is 18.9 Å². The Bertz CT molecular complexity index is 662. The van der Waals surface area contributed by atoms with Gasteiger partial charge in [0.15, 0.2) is 0 Å². The van der Waals surface area contributed by atoms with E-state index in [1.54, 1.807) is 7.11 Å². The molecular weight excluding hydrogens is 376 g/mol. The number of aliphatic hydroxyl groups excluding tert-OH is 2. The van der Waals surface area contributed by atoms with Gasteiger partial charge in [0.1, 0.15) is 23.4 Å². The number of rotatable bonds is 8. The Morgan fingerprint density at radius 2 is 2.03 bits per heavy atom. The molecule has 1 aliphatic carbocycles. The quantitative estimate of drug-likeness (QED) is 0.273. The van der Waals surface area contributed by atoms with E-state index in [2.05, 4.69) is 26.8 Å². The largest absolute Gasteiger partial charge is 0.456 e. The molecule has 0 aromatic carbocycles. The van der Waals surface area contributed by atoms with Crippen molar-refractivity contribution in [1.82, 2.24) is 0 Å². The molecular formula is C22H34O7. The molecule has 3 rings (SSSR count). The van der Waals surface area contributed by atoms with Crippen LogP contribution in [0.15, 0.2) is 23.8 Å². The number of esters is 1. The smallest absolute Gasteiger partial charge is 0.330 e. The number of carbonyl (C=O) groups is 1. The van der Waals surface area contributed by atoms with E-state index in [0.29, 0.717) is 13.0 Å². The maximum Gasteiger partial charge on any atom is 0.330 e. The second kappa shape index (κ2) is 8.47. The highest BCUT2D eigenvalue weighted by molar-refractivity contribution is 5.82. The topological polar surface area (TPSA) is 101 Å². The molecule has 164 valence electrons. The van der Waals surface area contributed by atoms with Crippen molar-refractivity contribution in [2.45, 2.75) is 88.7 Å². The number of hydrogen-bond donors (Lipinski definition) is 2. The molecule has 1 saturated carbocycles. The summed E-state index contributed by atoms with van der Waals surface area (Å²) in [6.45, 7) is 8.36. The Hall–Kier alpha value is -1.25. The van der Waals surface area contributed by atoms with Gasteiger partial charge in [-0.15, -0.1) is 0 Å². The molecule has 8 atom stereocenters. The first-order valence-electron chi connectivity index (χ1n) is 10.4. The van der Waals surface area contributed by atoms with Crippen molar-refractivity contribution in [2.75, 3.05) is 13.7 Å². The summed E-state index contributed by atoms with van der Waals surface area (Å²) in [5.41, 5.74) is 0.605. The molecule has 2 saturated heterocycles. The molecule has 2 heterocycles. The van der Waals surface area contributed by atoms with Gasteiger partial charge in [0.25, 0.3) is 0 Å². The highest BCUT2D eigenvalue weighted by Crippen LogP contribution is 2.59. The van der Waals surface area contributed by atoms with Crippen LogP contribution in [0.5, 0.6) is 0 Å². The Labute approximate surface area is 172 Å². The summed E-state index contributed by atoms with van der Waals surface area (Å²) in [6.07, 6.45) is 4.09. The first kappa shape index (κ1) is 22.4. The van der Waals surface area contributed by atoms with Gasteiger partial charge >= 0.3 is 5.97 Å². The van der Waals surface area contributed by atoms with Crippen LogP contribution in [0.3, 0.4) is 0 Å². The Morgan fingerprint density at radius 3 is 2.59 bits per heavy atom. The molecule has 0 aromatic rings. The maximum absolute atomic E-state index is 12.3. The van der Waals surface area contributed by atoms with E-state index in [9.17, 15) is 15.0 Å². The third kappa shape index (κ3) is 4.75. The number of aliphatic hydroxyl groups is 2. The van der Waals surface area contributed by atoms with Crippen LogP contribution in [-0.4, -0.2) is 71.6 Å². The minimum atomic E-state index is -1.11. The molecule has 8 unspecified atom stereocenters. The molecule has 29 heavy (non-hydrogen) atoms. The summed E-state index contributed by atoms with van der Waals surface area (Å²) in [6, 6.07) is 0. The number of methoxy groups -OCH3 is 1. The van der Waals surface area contributed by atoms with Crippen LogP contribution >= 0.6 is 0 Å². The molecule has 1 spiro atoms. The minimum absolute atomic E-state index is 0.0332. The average Bonchev–Trinajstić information content (AvgIpc) is 3.57. The highest BCUT2D eigenvalue weighted by atomic mass is 16.6. The molecule has 2 N–H and O–H groups in total. The van der Waals surface area contributed by atoms with Gasteiger partial charge in [-0.25, -0.2) is 4.79 Å². The predicted molar refractivity (Wildman–Crippen MR) is 106 cm³/mol. The van der Waals surface area contributed by atoms with Crippen molar-refractivity contribution >= 4 is 5.97 Å². The van der Waals surface area contributed by atoms with E-state index >= 15 is 0 Å². The molecule has 7 nitrogen and oxygen atoms in total. The average molecular weight is 411 g/mol. The van der Waals surface area contributed by atoms with Gasteiger partial charge in [0, 0.05) is 13.2 Å². The van der Waals surface area contributed by atoms with Crippen LogP contribution in [0.25, 0.3) is 0 Å². The molecule has 0 aromatic heterocycles. The van der Waals surface area contributed by atoms with Gasteiger partial charge in [0.05, 0.1) is 30.8 Å². The van der Waals surface area contributed by atoms with Gasteiger partial charge in [0.2, 0.25) is 0 Å². The lowest BCUT2D eigenvalue weighted by molar-refractivity contribution is -0.166. The van der Waals surface area contributed by atoms with Crippen LogP contribution < -0.4 is 0 Å². The van der Waals surface area contributed by atoms with Gasteiger partial charge < -0.3 is 29.2 Å². The monoisotopic (exact) mass is 410 g/mol. The third-order valence-electron chi connectivity index (χ3n) is 6.43. The van der Waals surface area contributed by atoms with Gasteiger partial charge in [-0.3, -0.25) is 0 Å². The van der Waals surface area contributed by atoms with Crippen molar-refractivity contribution < 1.29 is 34.0 Å². The highest BCUT2D eigenvalue weighted by Gasteiger charge is 2.72. The zero-order chi connectivity index (χ0) is 21.4. The summed E-state index contributed by atoms with van der Waals surface area (Å²) < 4.78 is 23.5. The normalized spacial score (nSPS) is 40.5. The molecule has 3 fully saturated rings. The van der Waals surface area contributed by atoms with Crippen molar-refractivity contribution in [1.29, 1.82) is 0 Å². The van der Waals surface area contributed by atoms with Crippen molar-refractivity contribution in [2.24, 2.45) is 5.92 Å². The number of ether oxygens (including phenoxy) is 4. The van der Waals surface area contributed by atoms with Crippen molar-refractivity contribution in [3.63, 3.8) is 0 Å². The van der Waals surface area contributed by atoms with Crippen molar-refractivity contribution in [3.8, 4) is 0 Å². The fourth-order valence-corrected chi connectivity index (χ4v) is 4.60. The van der Waals surface area contributed by atoms with E-state index in [1.165, 1.54) is 18.6 Å². The molecule has 0 amide bonds. The summed E-state index contributed by atoms with van der Waals surface area (Å²) in [5, 5.41) is 19.0. The van der Waals surface area contributed by atoms with Crippen LogP contribution in [-0.2, 0) is 23.7 Å². The lowest BCUT2D eigenvalue weighted by atomic mass is 9.68. The first-order chi connectivity index (χ1) is 13.6. The number of allylic oxidation sites excluding steroid dienone is 1. The lowest BCUT2D eigenvalue weighted by Gasteiger charge is -2.42. The standard InChI is InChI=1S/C22H34O7/c1-13(2)6-8-17-21(4,29-17)20-19(26-5)16(10-11-22(20)12-27-22)28-18(25)9-7-15(24)14(3)23/h6-7,9,14-17,19-20,23-24H,8,10-12H2,1-5H3/b9-7+. The molecule has 2 aliphatic heterocycles. The second-order valence-corrected chi connectivity index (χ2v) is 8.94. The Kier molecular flexibility index (Phi) is 6.56. The zero-order valence-corrected chi connectivity index (χ0v) is 18.0. The van der Waals surface area contributed by atoms with Crippen LogP contribution in [0.4, 0.5) is 0 Å². The summed E-state index contributed by atoms with van der Waals surface area (Å²) in [7, 11) is 1.63. The second-order valence-electron chi connectivity index (χ2n) is 8.94. The van der Waals surface area contributed by atoms with E-state index < -0.39 is 24.3 Å². The summed E-state index contributed by atoms with van der Waals surface area (Å²) >= 11 is 0. The van der Waals surface area contributed by atoms with Gasteiger partial charge in [-0.05, 0) is 53.0 Å². The lowest BCUT2D eigenvalue weighted by Crippen LogP contribution is -2.55. The van der Waals surface area contributed by atoms with Crippen LogP contribution in [0, 0.1) is 5.92 Å². The van der Waals surface area contributed by atoms with Crippen LogP contribution in [0.1, 0.15) is 47.0 Å². The minimum Gasteiger partial charge on any atom is -0.456 e. The first-order valence-corrected chi connectivity index (χ1v) is 10.4. The SMILES string of the molecule is COC1C(OC(=O)/C=C/C(O)C(C)O)CCC2(CO2)C1C1(C)OC1CC=C(C)C. The number of epoxide rings is 2. The zero-order valence-electron chi connectivity index (χ0n) is 18.0. The van der Waals surface area contributed by atoms with E-state index in [1.807, 2.05) is 0 Å². The van der Waals surface area contributed by atoms with Gasteiger partial charge in [-0.1, -0.05) is 11.6 Å². The number of hydrogen-bond acceptors (Lipinski definition) is 7. The molecule has 0 bridgehead atoms. The van der Waals surface area contributed by atoms with Crippen molar-refractivity contribution in [3.05, 3.63) is 23.8 Å². The Balaban J connectivity index is 1.70. The number of carbonyl (C=O) groups excluding carboxylic acids is 1. The molecule has 7 heteroatoms. The summed E-state index contributed by atoms with van der Waals surface area (Å²) in [4.78, 5) is 12.3. The van der Waals surface area contributed by atoms with Gasteiger partial charge in [-0.2, -0.15) is 0 Å². The van der Waals surface area contributed by atoms with E-state index in [-0.39, 0.29) is 29.3 Å². The van der Waals surface area contributed by atoms with E-state index in [0.717, 1.165) is 18.9 Å². The third-order valence-corrected chi connectivity index (χ3v) is 6.43. The van der Waals surface area contributed by atoms with Crippen LogP contribution in [0.2, 0.25) is 0 Å². The maximum atomic E-state index is 12.3. The molecule has 0 radical (unpaired) electrons. The fourth-order valence-electron chi connectivity index (χ4n) is 4.60.